The number of hydrogen-bond acceptors (Lipinski definition) is 4. The molecule has 138 valence electrons. The summed E-state index contributed by atoms with van der Waals surface area (Å²) in [7, 11) is 1.76. The lowest BCUT2D eigenvalue weighted by atomic mass is 9.90. The van der Waals surface area contributed by atoms with Gasteiger partial charge < -0.3 is 16.0 Å². The summed E-state index contributed by atoms with van der Waals surface area (Å²) in [5.74, 6) is 0.984. The van der Waals surface area contributed by atoms with Crippen molar-refractivity contribution >= 4 is 28.9 Å². The standard InChI is InChI=1S/C19H25N5OS/c1-13-12-26-18(23-13)8-5-9-21-19(20-2)22-11-14-10-17(25)24-16-7-4-3-6-15(14)16/h3-4,6-7,12,14H,5,8-11H2,1-2H3,(H,24,25)(H2,20,21,22). The van der Waals surface area contributed by atoms with Crippen LogP contribution in [0.5, 0.6) is 0 Å². The number of rotatable bonds is 6. The van der Waals surface area contributed by atoms with Gasteiger partial charge in [-0.25, -0.2) is 4.98 Å². The van der Waals surface area contributed by atoms with Gasteiger partial charge in [0.05, 0.1) is 5.01 Å². The van der Waals surface area contributed by atoms with Gasteiger partial charge in [0.15, 0.2) is 5.96 Å². The number of fused-ring (bicyclic) bond motifs is 1. The Morgan fingerprint density at radius 1 is 1.38 bits per heavy atom. The number of para-hydroxylation sites is 1. The van der Waals surface area contributed by atoms with Crippen LogP contribution in [0.2, 0.25) is 0 Å². The maximum absolute atomic E-state index is 11.9. The average molecular weight is 372 g/mol. The molecule has 2 heterocycles. The number of nitrogens with one attached hydrogen (secondary N) is 3. The molecule has 0 radical (unpaired) electrons. The SMILES string of the molecule is CN=C(NCCCc1nc(C)cs1)NCC1CC(=O)Nc2ccccc21. The summed E-state index contributed by atoms with van der Waals surface area (Å²) >= 11 is 1.71. The molecule has 0 fully saturated rings. The fourth-order valence-electron chi connectivity index (χ4n) is 3.09. The lowest BCUT2D eigenvalue weighted by molar-refractivity contribution is -0.116. The molecule has 0 saturated heterocycles. The number of nitrogens with zero attached hydrogens (tertiary/aromatic N) is 2. The molecule has 1 aliphatic heterocycles. The molecule has 3 rings (SSSR count). The maximum atomic E-state index is 11.9. The summed E-state index contributed by atoms with van der Waals surface area (Å²) in [6.07, 6.45) is 2.46. The van der Waals surface area contributed by atoms with Crippen molar-refractivity contribution in [3.63, 3.8) is 0 Å². The highest BCUT2D eigenvalue weighted by atomic mass is 32.1. The molecule has 1 amide bonds. The minimum absolute atomic E-state index is 0.0668. The Bertz CT molecular complexity index is 786. The third-order valence-corrected chi connectivity index (χ3v) is 5.40. The van der Waals surface area contributed by atoms with E-state index in [-0.39, 0.29) is 11.8 Å². The van der Waals surface area contributed by atoms with Crippen LogP contribution < -0.4 is 16.0 Å². The topological polar surface area (TPSA) is 78.4 Å². The predicted molar refractivity (Wildman–Crippen MR) is 107 cm³/mol. The van der Waals surface area contributed by atoms with E-state index in [4.69, 9.17) is 0 Å². The van der Waals surface area contributed by atoms with Crippen molar-refractivity contribution in [2.24, 2.45) is 4.99 Å². The number of aryl methyl sites for hydroxylation is 2. The Morgan fingerprint density at radius 3 is 3.00 bits per heavy atom. The molecule has 0 spiro atoms. The van der Waals surface area contributed by atoms with Crippen molar-refractivity contribution in [3.8, 4) is 0 Å². The smallest absolute Gasteiger partial charge is 0.225 e. The number of hydrogen-bond donors (Lipinski definition) is 3. The van der Waals surface area contributed by atoms with Gasteiger partial charge in [0.1, 0.15) is 0 Å². The number of carbonyl (C=O) groups is 1. The first-order chi connectivity index (χ1) is 12.7. The van der Waals surface area contributed by atoms with Crippen molar-refractivity contribution in [1.82, 2.24) is 15.6 Å². The van der Waals surface area contributed by atoms with E-state index in [0.717, 1.165) is 36.7 Å². The first-order valence-electron chi connectivity index (χ1n) is 8.90. The Kier molecular flexibility index (Phi) is 6.22. The van der Waals surface area contributed by atoms with Gasteiger partial charge in [0.25, 0.3) is 0 Å². The van der Waals surface area contributed by atoms with Crippen molar-refractivity contribution in [1.29, 1.82) is 0 Å². The number of thiazole rings is 1. The molecule has 6 nitrogen and oxygen atoms in total. The Hall–Kier alpha value is -2.41. The zero-order valence-electron chi connectivity index (χ0n) is 15.2. The van der Waals surface area contributed by atoms with Crippen molar-refractivity contribution in [2.45, 2.75) is 32.1 Å². The van der Waals surface area contributed by atoms with Gasteiger partial charge in [-0.05, 0) is 25.0 Å². The van der Waals surface area contributed by atoms with Gasteiger partial charge in [-0.2, -0.15) is 0 Å². The summed E-state index contributed by atoms with van der Waals surface area (Å²) < 4.78 is 0. The number of amides is 1. The molecule has 1 aliphatic rings. The minimum atomic E-state index is 0.0668. The van der Waals surface area contributed by atoms with E-state index in [0.29, 0.717) is 13.0 Å². The van der Waals surface area contributed by atoms with E-state index in [9.17, 15) is 4.79 Å². The normalized spacial score (nSPS) is 16.8. The number of anilines is 1. The van der Waals surface area contributed by atoms with Gasteiger partial charge in [-0.1, -0.05) is 18.2 Å². The largest absolute Gasteiger partial charge is 0.356 e. The van der Waals surface area contributed by atoms with Crippen LogP contribution in [0.15, 0.2) is 34.6 Å². The third-order valence-electron chi connectivity index (χ3n) is 4.37. The van der Waals surface area contributed by atoms with Crippen LogP contribution in [0.1, 0.15) is 35.0 Å². The summed E-state index contributed by atoms with van der Waals surface area (Å²) in [6, 6.07) is 7.98. The Balaban J connectivity index is 1.46. The molecule has 1 aromatic carbocycles. The monoisotopic (exact) mass is 371 g/mol. The number of aliphatic imine (C=N–C) groups is 1. The van der Waals surface area contributed by atoms with Crippen molar-refractivity contribution < 1.29 is 4.79 Å². The lowest BCUT2D eigenvalue weighted by Gasteiger charge is -2.26. The number of carbonyl (C=O) groups excluding carboxylic acids is 1. The summed E-state index contributed by atoms with van der Waals surface area (Å²) in [5.41, 5.74) is 3.18. The molecule has 3 N–H and O–H groups in total. The number of aromatic nitrogens is 1. The van der Waals surface area contributed by atoms with Gasteiger partial charge in [-0.3, -0.25) is 9.79 Å². The van der Waals surface area contributed by atoms with Crippen molar-refractivity contribution in [3.05, 3.63) is 45.9 Å². The second-order valence-electron chi connectivity index (χ2n) is 6.40. The Labute approximate surface area is 158 Å². The fraction of sp³-hybridized carbons (Fsp3) is 0.421. The first kappa shape index (κ1) is 18.4. The summed E-state index contributed by atoms with van der Waals surface area (Å²) in [5, 5.41) is 12.9. The highest BCUT2D eigenvalue weighted by Crippen LogP contribution is 2.31. The van der Waals surface area contributed by atoms with Gasteiger partial charge in [0, 0.05) is 55.7 Å². The third kappa shape index (κ3) is 4.82. The molecule has 1 unspecified atom stereocenters. The second kappa shape index (κ2) is 8.80. The zero-order chi connectivity index (χ0) is 18.4. The number of benzene rings is 1. The van der Waals surface area contributed by atoms with E-state index in [1.54, 1.807) is 18.4 Å². The highest BCUT2D eigenvalue weighted by Gasteiger charge is 2.24. The average Bonchev–Trinajstić information content (AvgIpc) is 3.06. The first-order valence-corrected chi connectivity index (χ1v) is 9.78. The van der Waals surface area contributed by atoms with Crippen LogP contribution in [0.25, 0.3) is 0 Å². The fourth-order valence-corrected chi connectivity index (χ4v) is 3.91. The predicted octanol–water partition coefficient (Wildman–Crippen LogP) is 2.68. The molecule has 26 heavy (non-hydrogen) atoms. The quantitative estimate of drug-likeness (QED) is 0.414. The van der Waals surface area contributed by atoms with Crippen LogP contribution in [0, 0.1) is 6.92 Å². The molecule has 1 atom stereocenters. The minimum Gasteiger partial charge on any atom is -0.356 e. The van der Waals surface area contributed by atoms with Gasteiger partial charge in [0.2, 0.25) is 5.91 Å². The van der Waals surface area contributed by atoms with Crippen LogP contribution in [-0.2, 0) is 11.2 Å². The van der Waals surface area contributed by atoms with E-state index in [1.165, 1.54) is 10.6 Å². The highest BCUT2D eigenvalue weighted by molar-refractivity contribution is 7.09. The van der Waals surface area contributed by atoms with Crippen LogP contribution in [0.3, 0.4) is 0 Å². The molecule has 1 aromatic heterocycles. The summed E-state index contributed by atoms with van der Waals surface area (Å²) in [4.78, 5) is 20.7. The molecule has 7 heteroatoms. The van der Waals surface area contributed by atoms with Crippen LogP contribution >= 0.6 is 11.3 Å². The van der Waals surface area contributed by atoms with E-state index in [1.807, 2.05) is 25.1 Å². The van der Waals surface area contributed by atoms with Crippen molar-refractivity contribution in [2.75, 3.05) is 25.5 Å². The van der Waals surface area contributed by atoms with Crippen LogP contribution in [-0.4, -0.2) is 37.0 Å². The maximum Gasteiger partial charge on any atom is 0.225 e. The Morgan fingerprint density at radius 2 is 2.23 bits per heavy atom. The van der Waals surface area contributed by atoms with Gasteiger partial charge >= 0.3 is 0 Å². The second-order valence-corrected chi connectivity index (χ2v) is 7.35. The van der Waals surface area contributed by atoms with E-state index >= 15 is 0 Å². The molecular formula is C19H25N5OS. The zero-order valence-corrected chi connectivity index (χ0v) is 16.0. The molecule has 0 bridgehead atoms. The van der Waals surface area contributed by atoms with Gasteiger partial charge in [-0.15, -0.1) is 11.3 Å². The molecule has 0 saturated carbocycles. The lowest BCUT2D eigenvalue weighted by Crippen LogP contribution is -2.41. The van der Waals surface area contributed by atoms with Crippen LogP contribution in [0.4, 0.5) is 5.69 Å². The molecule has 0 aliphatic carbocycles. The summed E-state index contributed by atoms with van der Waals surface area (Å²) in [6.45, 7) is 3.53. The number of guanidine groups is 1. The molecule has 2 aromatic rings. The van der Waals surface area contributed by atoms with E-state index in [2.05, 4.69) is 37.4 Å². The molecular weight excluding hydrogens is 346 g/mol. The van der Waals surface area contributed by atoms with E-state index < -0.39 is 0 Å².